The number of alkyl halides is 3. The van der Waals surface area contributed by atoms with Crippen molar-refractivity contribution in [3.05, 3.63) is 74.3 Å². The van der Waals surface area contributed by atoms with Gasteiger partial charge in [-0.2, -0.15) is 13.2 Å². The Morgan fingerprint density at radius 3 is 2.28 bits per heavy atom. The number of allylic oxidation sites excluding steroid dienone is 1. The van der Waals surface area contributed by atoms with E-state index in [9.17, 15) is 13.2 Å². The highest BCUT2D eigenvalue weighted by molar-refractivity contribution is 6.31. The van der Waals surface area contributed by atoms with E-state index in [1.165, 1.54) is 18.2 Å². The van der Waals surface area contributed by atoms with Crippen LogP contribution >= 0.6 is 23.2 Å². The van der Waals surface area contributed by atoms with Gasteiger partial charge in [0.2, 0.25) is 0 Å². The molecule has 0 aliphatic carbocycles. The Morgan fingerprint density at radius 1 is 1.08 bits per heavy atom. The van der Waals surface area contributed by atoms with Crippen LogP contribution in [-0.4, -0.2) is 6.18 Å². The van der Waals surface area contributed by atoms with Gasteiger partial charge in [0.15, 0.2) is 0 Å². The van der Waals surface area contributed by atoms with Gasteiger partial charge in [-0.15, -0.1) is 0 Å². The Hall–Kier alpha value is -1.49. The van der Waals surface area contributed by atoms with Gasteiger partial charge >= 0.3 is 6.18 Å². The summed E-state index contributed by atoms with van der Waals surface area (Å²) in [5, 5.41) is 0.760. The summed E-state index contributed by atoms with van der Waals surface area (Å²) in [6.07, 6.45) is -1.90. The molecule has 25 heavy (non-hydrogen) atoms. The van der Waals surface area contributed by atoms with Gasteiger partial charge in [0.25, 0.3) is 0 Å². The zero-order valence-corrected chi connectivity index (χ0v) is 15.3. The van der Waals surface area contributed by atoms with Gasteiger partial charge in [0.05, 0.1) is 5.92 Å². The quantitative estimate of drug-likeness (QED) is 0.642. The first-order chi connectivity index (χ1) is 11.6. The van der Waals surface area contributed by atoms with Gasteiger partial charge in [-0.25, -0.2) is 0 Å². The summed E-state index contributed by atoms with van der Waals surface area (Å²) < 4.78 is 40.6. The van der Waals surface area contributed by atoms with Crippen LogP contribution in [0.3, 0.4) is 0 Å². The second kappa shape index (κ2) is 7.81. The van der Waals surface area contributed by atoms with E-state index in [0.717, 1.165) is 22.8 Å². The molecule has 1 nitrogen and oxygen atoms in total. The lowest BCUT2D eigenvalue weighted by atomic mass is 9.94. The van der Waals surface area contributed by atoms with Crippen LogP contribution in [0.25, 0.3) is 6.08 Å². The van der Waals surface area contributed by atoms with E-state index in [1.807, 2.05) is 0 Å². The molecule has 0 fully saturated rings. The number of rotatable bonds is 4. The molecule has 0 amide bonds. The van der Waals surface area contributed by atoms with Crippen molar-refractivity contribution in [2.45, 2.75) is 32.5 Å². The smallest absolute Gasteiger partial charge is 0.326 e. The number of benzene rings is 2. The van der Waals surface area contributed by atoms with Crippen LogP contribution in [-0.2, 0) is 6.54 Å². The lowest BCUT2D eigenvalue weighted by molar-refractivity contribution is -0.139. The van der Waals surface area contributed by atoms with Crippen molar-refractivity contribution in [3.8, 4) is 0 Å². The number of aryl methyl sites for hydroxylation is 1. The highest BCUT2D eigenvalue weighted by Gasteiger charge is 2.39. The van der Waals surface area contributed by atoms with E-state index >= 15 is 0 Å². The van der Waals surface area contributed by atoms with Crippen LogP contribution in [0.15, 0.2) is 36.4 Å². The van der Waals surface area contributed by atoms with E-state index in [0.29, 0.717) is 15.6 Å². The molecule has 1 unspecified atom stereocenters. The Bertz CT molecular complexity index is 775. The summed E-state index contributed by atoms with van der Waals surface area (Å²) in [7, 11) is 0. The maximum atomic E-state index is 13.5. The number of nitrogens with two attached hydrogens (primary N) is 1. The third kappa shape index (κ3) is 4.78. The van der Waals surface area contributed by atoms with Crippen molar-refractivity contribution in [1.29, 1.82) is 0 Å². The number of hydrogen-bond donors (Lipinski definition) is 1. The molecule has 0 heterocycles. The predicted molar refractivity (Wildman–Crippen MR) is 98.1 cm³/mol. The molecular formula is C19H18Cl2F3N. The average Bonchev–Trinajstić information content (AvgIpc) is 2.51. The minimum Gasteiger partial charge on any atom is -0.326 e. The van der Waals surface area contributed by atoms with E-state index in [-0.39, 0.29) is 12.1 Å². The number of halogens is 5. The molecule has 0 saturated carbocycles. The van der Waals surface area contributed by atoms with Crippen LogP contribution in [0.2, 0.25) is 10.0 Å². The highest BCUT2D eigenvalue weighted by atomic mass is 35.5. The second-order valence-corrected chi connectivity index (χ2v) is 6.69. The summed E-state index contributed by atoms with van der Waals surface area (Å²) in [5.41, 5.74) is 8.46. The Labute approximate surface area is 155 Å². The third-order valence-corrected chi connectivity index (χ3v) is 4.86. The highest BCUT2D eigenvalue weighted by Crippen LogP contribution is 2.38. The first-order valence-corrected chi connectivity index (χ1v) is 8.39. The minimum absolute atomic E-state index is 0.113. The van der Waals surface area contributed by atoms with E-state index < -0.39 is 12.1 Å². The third-order valence-electron chi connectivity index (χ3n) is 4.12. The Balaban J connectivity index is 2.41. The molecule has 0 bridgehead atoms. The molecule has 0 aliphatic rings. The van der Waals surface area contributed by atoms with Crippen molar-refractivity contribution in [3.63, 3.8) is 0 Å². The van der Waals surface area contributed by atoms with Gasteiger partial charge in [0.1, 0.15) is 0 Å². The van der Waals surface area contributed by atoms with Crippen LogP contribution in [0.1, 0.15) is 33.7 Å². The van der Waals surface area contributed by atoms with Crippen LogP contribution in [0, 0.1) is 13.8 Å². The van der Waals surface area contributed by atoms with E-state index in [4.69, 9.17) is 28.9 Å². The van der Waals surface area contributed by atoms with Crippen LogP contribution in [0.5, 0.6) is 0 Å². The van der Waals surface area contributed by atoms with Crippen LogP contribution in [0.4, 0.5) is 13.2 Å². The van der Waals surface area contributed by atoms with Gasteiger partial charge in [-0.1, -0.05) is 53.6 Å². The zero-order valence-electron chi connectivity index (χ0n) is 13.8. The maximum absolute atomic E-state index is 13.5. The fourth-order valence-electron chi connectivity index (χ4n) is 2.47. The van der Waals surface area contributed by atoms with Gasteiger partial charge < -0.3 is 5.73 Å². The summed E-state index contributed by atoms with van der Waals surface area (Å²) in [6.45, 7) is 3.79. The Morgan fingerprint density at radius 2 is 1.76 bits per heavy atom. The van der Waals surface area contributed by atoms with Crippen molar-refractivity contribution in [1.82, 2.24) is 0 Å². The lowest BCUT2D eigenvalue weighted by Crippen LogP contribution is -2.19. The van der Waals surface area contributed by atoms with Crippen molar-refractivity contribution in [2.24, 2.45) is 5.73 Å². The molecule has 0 aliphatic heterocycles. The molecule has 0 radical (unpaired) electrons. The molecule has 6 heteroatoms. The SMILES string of the molecule is Cc1cc(C(/C=C/c2ccc(CN)c(Cl)c2)C(F)(F)F)cc(Cl)c1C. The fourth-order valence-corrected chi connectivity index (χ4v) is 3.01. The summed E-state index contributed by atoms with van der Waals surface area (Å²) in [4.78, 5) is 0. The van der Waals surface area contributed by atoms with Gasteiger partial charge in [-0.3, -0.25) is 0 Å². The molecule has 0 saturated heterocycles. The normalized spacial score (nSPS) is 13.4. The summed E-state index contributed by atoms with van der Waals surface area (Å²) in [5.74, 6) is -1.75. The average molecular weight is 388 g/mol. The maximum Gasteiger partial charge on any atom is 0.399 e. The van der Waals surface area contributed by atoms with E-state index in [1.54, 1.807) is 32.0 Å². The predicted octanol–water partition coefficient (Wildman–Crippen LogP) is 6.43. The molecule has 2 rings (SSSR count). The van der Waals surface area contributed by atoms with Crippen molar-refractivity contribution >= 4 is 29.3 Å². The number of hydrogen-bond acceptors (Lipinski definition) is 1. The first kappa shape index (κ1) is 19.8. The second-order valence-electron chi connectivity index (χ2n) is 5.88. The monoisotopic (exact) mass is 387 g/mol. The summed E-state index contributed by atoms with van der Waals surface area (Å²) in [6, 6.07) is 7.88. The Kier molecular flexibility index (Phi) is 6.20. The molecular weight excluding hydrogens is 370 g/mol. The minimum atomic E-state index is -4.43. The lowest BCUT2D eigenvalue weighted by Gasteiger charge is -2.19. The first-order valence-electron chi connectivity index (χ1n) is 7.63. The fraction of sp³-hybridized carbons (Fsp3) is 0.263. The van der Waals surface area contributed by atoms with E-state index in [2.05, 4.69) is 0 Å². The van der Waals surface area contributed by atoms with Crippen molar-refractivity contribution in [2.75, 3.05) is 0 Å². The largest absolute Gasteiger partial charge is 0.399 e. The molecule has 2 aromatic rings. The molecule has 0 aromatic heterocycles. The molecule has 2 N–H and O–H groups in total. The molecule has 0 spiro atoms. The standard InChI is InChI=1S/C19H18Cl2F3N/c1-11-7-15(9-17(20)12(11)2)16(19(22,23)24)6-4-13-3-5-14(10-25)18(21)8-13/h3-9,16H,10,25H2,1-2H3/b6-4+. The topological polar surface area (TPSA) is 26.0 Å². The molecule has 134 valence electrons. The van der Waals surface area contributed by atoms with Crippen LogP contribution < -0.4 is 5.73 Å². The van der Waals surface area contributed by atoms with Gasteiger partial charge in [-0.05, 0) is 53.8 Å². The van der Waals surface area contributed by atoms with Gasteiger partial charge in [0, 0.05) is 16.6 Å². The zero-order chi connectivity index (χ0) is 18.8. The van der Waals surface area contributed by atoms with Crippen molar-refractivity contribution < 1.29 is 13.2 Å². The molecule has 2 aromatic carbocycles. The molecule has 1 atom stereocenters. The summed E-state index contributed by atoms with van der Waals surface area (Å²) >= 11 is 12.1.